The fraction of sp³-hybridized carbons (Fsp3) is 0.154. The van der Waals surface area contributed by atoms with Gasteiger partial charge in [-0.1, -0.05) is 36.4 Å². The minimum absolute atomic E-state index is 0.0326. The lowest BCUT2D eigenvalue weighted by atomic mass is 10.2. The molecule has 0 saturated heterocycles. The Bertz CT molecular complexity index is 1290. The Kier molecular flexibility index (Phi) is 7.17. The van der Waals surface area contributed by atoms with Crippen LogP contribution in [0.5, 0.6) is 11.6 Å². The molecule has 4 aromatic rings. The van der Waals surface area contributed by atoms with Gasteiger partial charge in [-0.25, -0.2) is 8.78 Å². The largest absolute Gasteiger partial charge is 0.497 e. The first-order chi connectivity index (χ1) is 16.5. The van der Waals surface area contributed by atoms with Crippen molar-refractivity contribution in [2.75, 3.05) is 7.11 Å². The second-order valence-electron chi connectivity index (χ2n) is 7.63. The highest BCUT2D eigenvalue weighted by atomic mass is 19.1. The van der Waals surface area contributed by atoms with Crippen LogP contribution in [0.3, 0.4) is 0 Å². The molecule has 0 atom stereocenters. The molecule has 6 nitrogen and oxygen atoms in total. The number of rotatable bonds is 9. The molecule has 3 aromatic carbocycles. The maximum absolute atomic E-state index is 13.6. The predicted molar refractivity (Wildman–Crippen MR) is 123 cm³/mol. The molecule has 0 aliphatic carbocycles. The summed E-state index contributed by atoms with van der Waals surface area (Å²) < 4.78 is 39.6. The van der Waals surface area contributed by atoms with Gasteiger partial charge in [0.15, 0.2) is 0 Å². The maximum atomic E-state index is 13.6. The molecule has 8 heteroatoms. The van der Waals surface area contributed by atoms with E-state index in [1.54, 1.807) is 37.6 Å². The van der Waals surface area contributed by atoms with E-state index in [2.05, 4.69) is 10.4 Å². The van der Waals surface area contributed by atoms with Crippen LogP contribution < -0.4 is 14.8 Å². The maximum Gasteiger partial charge on any atom is 0.258 e. The zero-order valence-electron chi connectivity index (χ0n) is 18.5. The molecule has 1 heterocycles. The van der Waals surface area contributed by atoms with E-state index in [1.807, 2.05) is 24.3 Å². The van der Waals surface area contributed by atoms with E-state index in [-0.39, 0.29) is 48.7 Å². The highest BCUT2D eigenvalue weighted by molar-refractivity contribution is 5.96. The number of benzene rings is 3. The smallest absolute Gasteiger partial charge is 0.258 e. The second-order valence-corrected chi connectivity index (χ2v) is 7.63. The molecular weight excluding hydrogens is 440 g/mol. The molecule has 0 saturated carbocycles. The minimum Gasteiger partial charge on any atom is -0.497 e. The van der Waals surface area contributed by atoms with Gasteiger partial charge in [0.25, 0.3) is 5.91 Å². The third kappa shape index (κ3) is 5.98. The molecule has 0 aliphatic heterocycles. The lowest BCUT2D eigenvalue weighted by molar-refractivity contribution is 0.0946. The number of carbonyl (C=O) groups is 1. The molecule has 0 spiro atoms. The van der Waals surface area contributed by atoms with Gasteiger partial charge < -0.3 is 14.8 Å². The normalized spacial score (nSPS) is 10.7. The van der Waals surface area contributed by atoms with E-state index < -0.39 is 0 Å². The van der Waals surface area contributed by atoms with Crippen molar-refractivity contribution in [3.8, 4) is 11.6 Å². The number of halogens is 2. The van der Waals surface area contributed by atoms with E-state index in [9.17, 15) is 13.6 Å². The first-order valence-electron chi connectivity index (χ1n) is 10.6. The summed E-state index contributed by atoms with van der Waals surface area (Å²) in [5, 5.41) is 7.23. The van der Waals surface area contributed by atoms with Gasteiger partial charge in [0.05, 0.1) is 13.7 Å². The summed E-state index contributed by atoms with van der Waals surface area (Å²) in [4.78, 5) is 13.0. The molecule has 34 heavy (non-hydrogen) atoms. The summed E-state index contributed by atoms with van der Waals surface area (Å²) >= 11 is 0. The second kappa shape index (κ2) is 10.6. The Balaban J connectivity index is 1.53. The molecule has 174 valence electrons. The van der Waals surface area contributed by atoms with Crippen molar-refractivity contribution >= 4 is 5.91 Å². The standard InChI is InChI=1S/C26H23F2N3O3/c1-33-23-10-4-5-18(13-23)14-29-25(32)24-16-31(15-19-6-2-8-21(27)11-19)30-26(24)34-17-20-7-3-9-22(28)12-20/h2-13,16H,14-15,17H2,1H3,(H,29,32). The molecule has 1 aromatic heterocycles. The number of hydrogen-bond donors (Lipinski definition) is 1. The van der Waals surface area contributed by atoms with E-state index in [1.165, 1.54) is 28.9 Å². The molecule has 0 unspecified atom stereocenters. The fourth-order valence-corrected chi connectivity index (χ4v) is 3.41. The predicted octanol–water partition coefficient (Wildman–Crippen LogP) is 4.73. The number of methoxy groups -OCH3 is 1. The Labute approximate surface area is 195 Å². The zero-order chi connectivity index (χ0) is 23.9. The van der Waals surface area contributed by atoms with Crippen LogP contribution in [0.25, 0.3) is 0 Å². The number of nitrogens with one attached hydrogen (secondary N) is 1. The van der Waals surface area contributed by atoms with Gasteiger partial charge in [0, 0.05) is 12.7 Å². The number of hydrogen-bond acceptors (Lipinski definition) is 4. The molecular formula is C26H23F2N3O3. The van der Waals surface area contributed by atoms with Crippen molar-refractivity contribution in [1.29, 1.82) is 0 Å². The van der Waals surface area contributed by atoms with Gasteiger partial charge in [-0.15, -0.1) is 5.10 Å². The fourth-order valence-electron chi connectivity index (χ4n) is 3.41. The van der Waals surface area contributed by atoms with Gasteiger partial charge in [-0.2, -0.15) is 0 Å². The molecule has 0 fully saturated rings. The van der Waals surface area contributed by atoms with Crippen LogP contribution in [0.4, 0.5) is 8.78 Å². The number of amides is 1. The van der Waals surface area contributed by atoms with E-state index in [4.69, 9.17) is 9.47 Å². The molecule has 4 rings (SSSR count). The summed E-state index contributed by atoms with van der Waals surface area (Å²) in [6, 6.07) is 19.5. The van der Waals surface area contributed by atoms with Crippen molar-refractivity contribution in [3.05, 3.63) is 113 Å². The summed E-state index contributed by atoms with van der Waals surface area (Å²) in [5.74, 6) is -0.336. The van der Waals surface area contributed by atoms with Gasteiger partial charge >= 0.3 is 0 Å². The quantitative estimate of drug-likeness (QED) is 0.390. The Morgan fingerprint density at radius 3 is 2.35 bits per heavy atom. The highest BCUT2D eigenvalue weighted by Crippen LogP contribution is 2.20. The molecule has 1 amide bonds. The van der Waals surface area contributed by atoms with Gasteiger partial charge in [0.2, 0.25) is 5.88 Å². The van der Waals surface area contributed by atoms with E-state index in [0.717, 1.165) is 5.56 Å². The first kappa shape index (κ1) is 23.0. The van der Waals surface area contributed by atoms with Crippen molar-refractivity contribution in [2.45, 2.75) is 19.7 Å². The number of aromatic nitrogens is 2. The SMILES string of the molecule is COc1cccc(CNC(=O)c2cn(Cc3cccc(F)c3)nc2OCc2cccc(F)c2)c1. The summed E-state index contributed by atoms with van der Waals surface area (Å²) in [6.45, 7) is 0.552. The lowest BCUT2D eigenvalue weighted by Gasteiger charge is -2.08. The summed E-state index contributed by atoms with van der Waals surface area (Å²) in [6.07, 6.45) is 1.55. The van der Waals surface area contributed by atoms with Crippen LogP contribution in [0.2, 0.25) is 0 Å². The van der Waals surface area contributed by atoms with Crippen LogP contribution in [0.1, 0.15) is 27.0 Å². The van der Waals surface area contributed by atoms with Crippen LogP contribution in [-0.2, 0) is 19.7 Å². The zero-order valence-corrected chi connectivity index (χ0v) is 18.5. The van der Waals surface area contributed by atoms with Gasteiger partial charge in [0.1, 0.15) is 29.6 Å². The lowest BCUT2D eigenvalue weighted by Crippen LogP contribution is -2.23. The Hall–Kier alpha value is -4.20. The summed E-state index contributed by atoms with van der Waals surface area (Å²) in [5.41, 5.74) is 2.36. The van der Waals surface area contributed by atoms with Crippen LogP contribution >= 0.6 is 0 Å². The highest BCUT2D eigenvalue weighted by Gasteiger charge is 2.18. The van der Waals surface area contributed by atoms with Crippen molar-refractivity contribution in [3.63, 3.8) is 0 Å². The molecule has 0 aliphatic rings. The average molecular weight is 463 g/mol. The Morgan fingerprint density at radius 2 is 1.62 bits per heavy atom. The van der Waals surface area contributed by atoms with Gasteiger partial charge in [-0.3, -0.25) is 9.48 Å². The molecule has 1 N–H and O–H groups in total. The number of ether oxygens (including phenoxy) is 2. The average Bonchev–Trinajstić information content (AvgIpc) is 3.24. The van der Waals surface area contributed by atoms with Gasteiger partial charge in [-0.05, 0) is 53.1 Å². The monoisotopic (exact) mass is 463 g/mol. The van der Waals surface area contributed by atoms with Crippen molar-refractivity contribution in [2.24, 2.45) is 0 Å². The molecule has 0 bridgehead atoms. The van der Waals surface area contributed by atoms with Crippen LogP contribution in [0, 0.1) is 11.6 Å². The van der Waals surface area contributed by atoms with E-state index in [0.29, 0.717) is 16.9 Å². The number of carbonyl (C=O) groups excluding carboxylic acids is 1. The van der Waals surface area contributed by atoms with Crippen LogP contribution in [-0.4, -0.2) is 22.8 Å². The Morgan fingerprint density at radius 1 is 0.941 bits per heavy atom. The third-order valence-electron chi connectivity index (χ3n) is 5.06. The van der Waals surface area contributed by atoms with Crippen molar-refractivity contribution in [1.82, 2.24) is 15.1 Å². The topological polar surface area (TPSA) is 65.4 Å². The summed E-state index contributed by atoms with van der Waals surface area (Å²) in [7, 11) is 1.58. The number of nitrogens with zero attached hydrogens (tertiary/aromatic N) is 2. The third-order valence-corrected chi connectivity index (χ3v) is 5.06. The first-order valence-corrected chi connectivity index (χ1v) is 10.6. The molecule has 0 radical (unpaired) electrons. The van der Waals surface area contributed by atoms with Crippen LogP contribution in [0.15, 0.2) is 79.0 Å². The van der Waals surface area contributed by atoms with E-state index >= 15 is 0 Å². The van der Waals surface area contributed by atoms with Crippen molar-refractivity contribution < 1.29 is 23.0 Å². The minimum atomic E-state index is -0.387.